The number of hydrogen-bond acceptors (Lipinski definition) is 2. The van der Waals surface area contributed by atoms with E-state index in [2.05, 4.69) is 9.71 Å². The van der Waals surface area contributed by atoms with Gasteiger partial charge in [-0.25, -0.2) is 13.9 Å². The highest BCUT2D eigenvalue weighted by atomic mass is 32.2. The van der Waals surface area contributed by atoms with E-state index in [1.165, 1.54) is 6.07 Å². The second-order valence-electron chi connectivity index (χ2n) is 6.03. The van der Waals surface area contributed by atoms with Gasteiger partial charge >= 0.3 is 6.18 Å². The predicted molar refractivity (Wildman–Crippen MR) is 78.7 cm³/mol. The molecule has 0 radical (unpaired) electrons. The van der Waals surface area contributed by atoms with E-state index in [0.29, 0.717) is 5.69 Å². The summed E-state index contributed by atoms with van der Waals surface area (Å²) in [5.74, 6) is 0.144. The van der Waals surface area contributed by atoms with Gasteiger partial charge in [-0.15, -0.1) is 0 Å². The molecule has 0 spiro atoms. The van der Waals surface area contributed by atoms with Crippen molar-refractivity contribution in [1.29, 1.82) is 0 Å². The minimum Gasteiger partial charge on any atom is -0.478 e. The van der Waals surface area contributed by atoms with Crippen LogP contribution >= 0.6 is 0 Å². The third kappa shape index (κ3) is 5.92. The first kappa shape index (κ1) is 18.9. The Morgan fingerprint density at radius 3 is 2.36 bits per heavy atom. The third-order valence-electron chi connectivity index (χ3n) is 2.81. The largest absolute Gasteiger partial charge is 0.478 e. The van der Waals surface area contributed by atoms with E-state index in [4.69, 9.17) is 4.74 Å². The molecule has 1 heterocycles. The minimum absolute atomic E-state index is 0.144. The molecule has 0 aliphatic rings. The molecular weight excluding hydrogens is 317 g/mol. The highest BCUT2D eigenvalue weighted by molar-refractivity contribution is 7.84. The lowest BCUT2D eigenvalue weighted by molar-refractivity contribution is -0.403. The lowest BCUT2D eigenvalue weighted by Gasteiger charge is -2.20. The molecule has 22 heavy (non-hydrogen) atoms. The van der Waals surface area contributed by atoms with Crippen molar-refractivity contribution in [3.8, 4) is 5.75 Å². The fourth-order valence-electron chi connectivity index (χ4n) is 1.58. The van der Waals surface area contributed by atoms with E-state index in [1.807, 2.05) is 27.7 Å². The summed E-state index contributed by atoms with van der Waals surface area (Å²) in [6, 6.07) is 2.86. The van der Waals surface area contributed by atoms with Gasteiger partial charge in [0, 0.05) is 13.0 Å². The number of pyridine rings is 1. The van der Waals surface area contributed by atoms with Crippen molar-refractivity contribution in [3.63, 3.8) is 0 Å². The minimum atomic E-state index is -4.37. The van der Waals surface area contributed by atoms with Crippen molar-refractivity contribution < 1.29 is 27.1 Å². The maximum atomic E-state index is 12.2. The van der Waals surface area contributed by atoms with Crippen LogP contribution in [0.15, 0.2) is 12.1 Å². The van der Waals surface area contributed by atoms with Gasteiger partial charge in [0.05, 0.1) is 15.7 Å². The van der Waals surface area contributed by atoms with Gasteiger partial charge in [-0.3, -0.25) is 0 Å². The molecule has 4 nitrogen and oxygen atoms in total. The Hall–Kier alpha value is -1.15. The lowest BCUT2D eigenvalue weighted by Crippen LogP contribution is -2.37. The maximum Gasteiger partial charge on any atom is 0.422 e. The van der Waals surface area contributed by atoms with Gasteiger partial charge in [0.25, 0.3) is 0 Å². The van der Waals surface area contributed by atoms with Crippen LogP contribution in [0.25, 0.3) is 0 Å². The topological polar surface area (TPSA) is 52.5 Å². The maximum absolute atomic E-state index is 12.2. The summed E-state index contributed by atoms with van der Waals surface area (Å²) in [4.78, 5) is 2.98. The Labute approximate surface area is 131 Å². The van der Waals surface area contributed by atoms with Crippen molar-refractivity contribution in [2.24, 2.45) is 0 Å². The standard InChI is InChI=1S/C14H21F3N2O2S/c1-9(19-22(20)13(3,4)5)11-6-7-12(10(2)18-11)21-8-14(15,16)17/h6-7,9,19H,8H2,1-5H3/p+1/t9?,22-/m1/s1. The van der Waals surface area contributed by atoms with Crippen LogP contribution in [0.3, 0.4) is 0 Å². The number of rotatable bonds is 5. The number of aryl methyl sites for hydroxylation is 1. The average Bonchev–Trinajstić information content (AvgIpc) is 2.34. The Bertz CT molecular complexity index is 542. The van der Waals surface area contributed by atoms with E-state index in [9.17, 15) is 17.4 Å². The summed E-state index contributed by atoms with van der Waals surface area (Å²) in [7, 11) is -1.25. The van der Waals surface area contributed by atoms with Crippen molar-refractivity contribution in [1.82, 2.24) is 4.72 Å². The number of aromatic amines is 1. The molecule has 8 heteroatoms. The third-order valence-corrected chi connectivity index (χ3v) is 4.49. The summed E-state index contributed by atoms with van der Waals surface area (Å²) >= 11 is 0. The van der Waals surface area contributed by atoms with Crippen LogP contribution in [-0.4, -0.2) is 21.7 Å². The molecule has 0 aliphatic carbocycles. The van der Waals surface area contributed by atoms with E-state index in [-0.39, 0.29) is 11.8 Å². The molecular formula is C14H22F3N2O2S+. The van der Waals surface area contributed by atoms with Crippen molar-refractivity contribution in [3.05, 3.63) is 23.5 Å². The van der Waals surface area contributed by atoms with Crippen LogP contribution in [0.1, 0.15) is 45.1 Å². The van der Waals surface area contributed by atoms with Gasteiger partial charge in [-0.1, -0.05) is 0 Å². The zero-order valence-corrected chi connectivity index (χ0v) is 14.1. The first-order chi connectivity index (χ1) is 9.90. The van der Waals surface area contributed by atoms with Gasteiger partial charge in [-0.05, 0) is 33.8 Å². The summed E-state index contributed by atoms with van der Waals surface area (Å²) < 4.78 is 55.8. The van der Waals surface area contributed by atoms with Gasteiger partial charge in [-0.2, -0.15) is 13.2 Å². The molecule has 0 fully saturated rings. The zero-order chi connectivity index (χ0) is 17.1. The molecule has 0 aromatic carbocycles. The second-order valence-corrected chi connectivity index (χ2v) is 8.03. The molecule has 126 valence electrons. The molecule has 2 N–H and O–H groups in total. The van der Waals surface area contributed by atoms with Crippen molar-refractivity contribution in [2.45, 2.75) is 51.6 Å². The van der Waals surface area contributed by atoms with E-state index in [1.54, 1.807) is 13.0 Å². The van der Waals surface area contributed by atoms with Crippen LogP contribution in [0.2, 0.25) is 0 Å². The zero-order valence-electron chi connectivity index (χ0n) is 13.3. The highest BCUT2D eigenvalue weighted by Crippen LogP contribution is 2.21. The highest BCUT2D eigenvalue weighted by Gasteiger charge is 2.29. The van der Waals surface area contributed by atoms with Gasteiger partial charge in [0.15, 0.2) is 18.1 Å². The average molecular weight is 339 g/mol. The Kier molecular flexibility index (Phi) is 5.97. The smallest absolute Gasteiger partial charge is 0.422 e. The molecule has 0 bridgehead atoms. The molecule has 1 aromatic heterocycles. The van der Waals surface area contributed by atoms with Crippen LogP contribution in [-0.2, 0) is 11.0 Å². The fraction of sp³-hybridized carbons (Fsp3) is 0.643. The number of halogens is 3. The Morgan fingerprint density at radius 2 is 1.91 bits per heavy atom. The van der Waals surface area contributed by atoms with Crippen LogP contribution in [0.5, 0.6) is 5.75 Å². The number of H-pyrrole nitrogens is 1. The molecule has 1 unspecified atom stereocenters. The first-order valence-electron chi connectivity index (χ1n) is 6.80. The summed E-state index contributed by atoms with van der Waals surface area (Å²) in [5, 5.41) is 0. The number of nitrogens with one attached hydrogen (secondary N) is 2. The van der Waals surface area contributed by atoms with Gasteiger partial charge in [0.1, 0.15) is 6.04 Å². The molecule has 2 atom stereocenters. The van der Waals surface area contributed by atoms with E-state index in [0.717, 1.165) is 5.69 Å². The fourth-order valence-corrected chi connectivity index (χ4v) is 2.38. The van der Waals surface area contributed by atoms with E-state index < -0.39 is 28.5 Å². The van der Waals surface area contributed by atoms with Crippen LogP contribution in [0, 0.1) is 6.92 Å². The number of hydrogen-bond donors (Lipinski definition) is 1. The monoisotopic (exact) mass is 339 g/mol. The number of aromatic nitrogens is 1. The summed E-state index contributed by atoms with van der Waals surface area (Å²) in [6.45, 7) is 7.68. The van der Waals surface area contributed by atoms with Crippen molar-refractivity contribution >= 4 is 11.0 Å². The second kappa shape index (κ2) is 6.95. The van der Waals surface area contributed by atoms with Crippen LogP contribution in [0.4, 0.5) is 13.2 Å². The normalized spacial score (nSPS) is 15.5. The first-order valence-corrected chi connectivity index (χ1v) is 7.95. The lowest BCUT2D eigenvalue weighted by atomic mass is 10.2. The van der Waals surface area contributed by atoms with Crippen molar-refractivity contribution in [2.75, 3.05) is 6.61 Å². The number of ether oxygens (including phenoxy) is 1. The van der Waals surface area contributed by atoms with Crippen LogP contribution < -0.4 is 14.4 Å². The SMILES string of the molecule is Cc1[nH+]c(C(C)N[S@](=O)C(C)(C)C)ccc1OCC(F)(F)F. The predicted octanol–water partition coefficient (Wildman–Crippen LogP) is 2.86. The summed E-state index contributed by atoms with van der Waals surface area (Å²) in [5.41, 5.74) is 1.20. The summed E-state index contributed by atoms with van der Waals surface area (Å²) in [6.07, 6.45) is -4.37. The van der Waals surface area contributed by atoms with Gasteiger partial charge in [0.2, 0.25) is 5.69 Å². The molecule has 0 saturated heterocycles. The van der Waals surface area contributed by atoms with E-state index >= 15 is 0 Å². The molecule has 0 aliphatic heterocycles. The Balaban J connectivity index is 2.78. The number of alkyl halides is 3. The molecule has 1 rings (SSSR count). The Morgan fingerprint density at radius 1 is 1.32 bits per heavy atom. The quantitative estimate of drug-likeness (QED) is 0.897. The molecule has 0 saturated carbocycles. The van der Waals surface area contributed by atoms with Gasteiger partial charge < -0.3 is 4.74 Å². The molecule has 1 aromatic rings. The molecule has 0 amide bonds.